The zero-order chi connectivity index (χ0) is 19.7. The topological polar surface area (TPSA) is 82.6 Å². The van der Waals surface area contributed by atoms with Crippen molar-refractivity contribution in [2.24, 2.45) is 0 Å². The molecule has 3 heterocycles. The zero-order valence-electron chi connectivity index (χ0n) is 16.3. The fraction of sp³-hybridized carbons (Fsp3) is 0.238. The van der Waals surface area contributed by atoms with E-state index >= 15 is 0 Å². The lowest BCUT2D eigenvalue weighted by Gasteiger charge is -2.25. The number of nitrogens with zero attached hydrogens (tertiary/aromatic N) is 5. The molecule has 0 aliphatic heterocycles. The number of imidazole rings is 1. The number of aryl methyl sites for hydroxylation is 1. The minimum absolute atomic E-state index is 0.0268. The van der Waals surface area contributed by atoms with Gasteiger partial charge in [-0.3, -0.25) is 0 Å². The van der Waals surface area contributed by atoms with Gasteiger partial charge in [-0.25, -0.2) is 19.9 Å². The molecule has 0 aliphatic rings. The summed E-state index contributed by atoms with van der Waals surface area (Å²) >= 11 is 0. The molecule has 1 atom stereocenters. The van der Waals surface area contributed by atoms with Crippen LogP contribution in [0, 0.1) is 6.92 Å². The number of para-hydroxylation sites is 1. The third kappa shape index (κ3) is 3.15. The van der Waals surface area contributed by atoms with Gasteiger partial charge in [-0.1, -0.05) is 24.3 Å². The number of anilines is 2. The van der Waals surface area contributed by atoms with E-state index in [1.807, 2.05) is 13.1 Å². The highest BCUT2D eigenvalue weighted by Crippen LogP contribution is 2.31. The van der Waals surface area contributed by atoms with Crippen molar-refractivity contribution < 1.29 is 0 Å². The Morgan fingerprint density at radius 2 is 2.14 bits per heavy atom. The molecule has 0 amide bonds. The van der Waals surface area contributed by atoms with Gasteiger partial charge in [-0.05, 0) is 25.5 Å². The number of H-pyrrole nitrogens is 1. The van der Waals surface area contributed by atoms with Crippen LogP contribution in [0.25, 0.3) is 22.1 Å². The number of hydrogen-bond acceptors (Lipinski definition) is 6. The first kappa shape index (κ1) is 17.9. The predicted octanol–water partition coefficient (Wildman–Crippen LogP) is 4.00. The van der Waals surface area contributed by atoms with Crippen molar-refractivity contribution in [1.29, 1.82) is 0 Å². The van der Waals surface area contributed by atoms with Gasteiger partial charge in [-0.2, -0.15) is 0 Å². The number of hydrogen-bond donors (Lipinski definition) is 2. The van der Waals surface area contributed by atoms with E-state index in [0.717, 1.165) is 39.2 Å². The molecule has 4 rings (SSSR count). The lowest BCUT2D eigenvalue weighted by molar-refractivity contribution is 0.851. The van der Waals surface area contributed by atoms with E-state index in [1.54, 1.807) is 6.33 Å². The maximum absolute atomic E-state index is 4.99. The molecule has 0 spiro atoms. The monoisotopic (exact) mass is 373 g/mol. The van der Waals surface area contributed by atoms with Gasteiger partial charge in [0.25, 0.3) is 0 Å². The molecular formula is C21H23N7. The van der Waals surface area contributed by atoms with Gasteiger partial charge in [0.2, 0.25) is 0 Å². The van der Waals surface area contributed by atoms with Crippen LogP contribution in [0.5, 0.6) is 0 Å². The molecular weight excluding hydrogens is 350 g/mol. The Bertz CT molecular complexity index is 1150. The van der Waals surface area contributed by atoms with Crippen molar-refractivity contribution in [1.82, 2.24) is 24.9 Å². The summed E-state index contributed by atoms with van der Waals surface area (Å²) in [5.41, 5.74) is 4.70. The number of pyridine rings is 1. The lowest BCUT2D eigenvalue weighted by Crippen LogP contribution is -2.22. The molecule has 0 aliphatic carbocycles. The molecule has 1 aromatic carbocycles. The fourth-order valence-electron chi connectivity index (χ4n) is 3.42. The van der Waals surface area contributed by atoms with E-state index in [0.29, 0.717) is 12.2 Å². The Labute approximate surface area is 163 Å². The number of nitrogens with one attached hydrogen (secondary N) is 2. The van der Waals surface area contributed by atoms with E-state index in [-0.39, 0.29) is 6.04 Å². The Morgan fingerprint density at radius 3 is 2.96 bits per heavy atom. The van der Waals surface area contributed by atoms with E-state index in [9.17, 15) is 0 Å². The normalized spacial score (nSPS) is 12.2. The summed E-state index contributed by atoms with van der Waals surface area (Å²) in [5, 5.41) is 4.61. The molecule has 28 heavy (non-hydrogen) atoms. The third-order valence-electron chi connectivity index (χ3n) is 4.86. The molecule has 0 saturated carbocycles. The molecule has 0 radical (unpaired) electrons. The van der Waals surface area contributed by atoms with Crippen LogP contribution in [0.2, 0.25) is 0 Å². The second-order valence-corrected chi connectivity index (χ2v) is 6.91. The van der Waals surface area contributed by atoms with Crippen molar-refractivity contribution in [3.63, 3.8) is 0 Å². The lowest BCUT2D eigenvalue weighted by atomic mass is 10.0. The van der Waals surface area contributed by atoms with Gasteiger partial charge >= 0.3 is 0 Å². The molecule has 0 saturated heterocycles. The standard InChI is InChI=1S/C21H23N7/c1-5-9-28(4)21-16(10-15-8-6-7-13(2)17(15)27-21)14(3)26-20-18-19(23-11-22-18)24-12-25-20/h5-8,10-12,14H,1,9H2,2-4H3,(H2,22,23,24,25,26)/t14-/m0/s1. The van der Waals surface area contributed by atoms with Crippen molar-refractivity contribution in [2.45, 2.75) is 19.9 Å². The second kappa shape index (κ2) is 7.26. The van der Waals surface area contributed by atoms with Gasteiger partial charge < -0.3 is 15.2 Å². The van der Waals surface area contributed by atoms with Gasteiger partial charge in [-0.15, -0.1) is 6.58 Å². The van der Waals surface area contributed by atoms with Gasteiger partial charge in [0.15, 0.2) is 11.5 Å². The summed E-state index contributed by atoms with van der Waals surface area (Å²) in [6.45, 7) is 8.77. The first-order valence-electron chi connectivity index (χ1n) is 9.21. The molecule has 0 fully saturated rings. The molecule has 0 unspecified atom stereocenters. The predicted molar refractivity (Wildman–Crippen MR) is 114 cm³/mol. The smallest absolute Gasteiger partial charge is 0.182 e. The van der Waals surface area contributed by atoms with E-state index in [4.69, 9.17) is 4.98 Å². The Kier molecular flexibility index (Phi) is 4.65. The molecule has 3 aromatic heterocycles. The Morgan fingerprint density at radius 1 is 1.29 bits per heavy atom. The second-order valence-electron chi connectivity index (χ2n) is 6.91. The van der Waals surface area contributed by atoms with Crippen molar-refractivity contribution in [3.05, 3.63) is 60.7 Å². The van der Waals surface area contributed by atoms with Gasteiger partial charge in [0, 0.05) is 24.5 Å². The zero-order valence-corrected chi connectivity index (χ0v) is 16.3. The maximum atomic E-state index is 4.99. The van der Waals surface area contributed by atoms with Crippen LogP contribution in [0.15, 0.2) is 49.6 Å². The van der Waals surface area contributed by atoms with Crippen LogP contribution in [0.3, 0.4) is 0 Å². The summed E-state index contributed by atoms with van der Waals surface area (Å²) in [5.74, 6) is 1.65. The summed E-state index contributed by atoms with van der Waals surface area (Å²) in [6, 6.07) is 8.42. The van der Waals surface area contributed by atoms with Gasteiger partial charge in [0.1, 0.15) is 17.7 Å². The Balaban J connectivity index is 1.80. The minimum Gasteiger partial charge on any atom is -0.362 e. The van der Waals surface area contributed by atoms with Crippen molar-refractivity contribution in [3.8, 4) is 0 Å². The molecule has 142 valence electrons. The first-order valence-corrected chi connectivity index (χ1v) is 9.21. The molecule has 0 bridgehead atoms. The van der Waals surface area contributed by atoms with Crippen LogP contribution in [0.1, 0.15) is 24.1 Å². The first-order chi connectivity index (χ1) is 13.6. The summed E-state index contributed by atoms with van der Waals surface area (Å²) in [4.78, 5) is 23.0. The molecule has 7 heteroatoms. The average molecular weight is 373 g/mol. The SMILES string of the molecule is C=CCN(C)c1nc2c(C)cccc2cc1[C@H](C)Nc1ncnc2nc[nH]c12. The van der Waals surface area contributed by atoms with Crippen LogP contribution in [-0.2, 0) is 0 Å². The van der Waals surface area contributed by atoms with Crippen LogP contribution >= 0.6 is 0 Å². The molecule has 7 nitrogen and oxygen atoms in total. The largest absolute Gasteiger partial charge is 0.362 e. The third-order valence-corrected chi connectivity index (χ3v) is 4.86. The molecule has 2 N–H and O–H groups in total. The van der Waals surface area contributed by atoms with Crippen LogP contribution in [-0.4, -0.2) is 38.5 Å². The summed E-state index contributed by atoms with van der Waals surface area (Å²) in [6.07, 6.45) is 5.02. The number of fused-ring (bicyclic) bond motifs is 2. The number of likely N-dealkylation sites (N-methyl/N-ethyl adjacent to an activating group) is 1. The van der Waals surface area contributed by atoms with Crippen molar-refractivity contribution >= 4 is 33.7 Å². The van der Waals surface area contributed by atoms with E-state index in [2.05, 4.69) is 74.8 Å². The number of aromatic amines is 1. The summed E-state index contributed by atoms with van der Waals surface area (Å²) in [7, 11) is 2.03. The van der Waals surface area contributed by atoms with E-state index in [1.165, 1.54) is 6.33 Å². The average Bonchev–Trinajstić information content (AvgIpc) is 3.17. The number of rotatable bonds is 6. The quantitative estimate of drug-likeness (QED) is 0.497. The fourth-order valence-corrected chi connectivity index (χ4v) is 3.42. The van der Waals surface area contributed by atoms with Gasteiger partial charge in [0.05, 0.1) is 17.9 Å². The minimum atomic E-state index is -0.0268. The number of benzene rings is 1. The maximum Gasteiger partial charge on any atom is 0.182 e. The number of aromatic nitrogens is 5. The highest BCUT2D eigenvalue weighted by Gasteiger charge is 2.18. The van der Waals surface area contributed by atoms with Crippen LogP contribution in [0.4, 0.5) is 11.6 Å². The van der Waals surface area contributed by atoms with E-state index < -0.39 is 0 Å². The Hall–Kier alpha value is -3.48. The van der Waals surface area contributed by atoms with Crippen molar-refractivity contribution in [2.75, 3.05) is 23.8 Å². The highest BCUT2D eigenvalue weighted by atomic mass is 15.2. The highest BCUT2D eigenvalue weighted by molar-refractivity contribution is 5.86. The van der Waals surface area contributed by atoms with Crippen LogP contribution < -0.4 is 10.2 Å². The molecule has 4 aromatic rings. The summed E-state index contributed by atoms with van der Waals surface area (Å²) < 4.78 is 0.